The Morgan fingerprint density at radius 3 is 2.37 bits per heavy atom. The van der Waals surface area contributed by atoms with Crippen LogP contribution in [0.15, 0.2) is 54.6 Å². The molecule has 3 rings (SSSR count). The minimum absolute atomic E-state index is 1.07. The number of benzene rings is 2. The van der Waals surface area contributed by atoms with Gasteiger partial charge in [0.05, 0.1) is 0 Å². The minimum atomic E-state index is 1.07. The molecule has 0 nitrogen and oxygen atoms in total. The fourth-order valence-electron chi connectivity index (χ4n) is 3.00. The van der Waals surface area contributed by atoms with Crippen LogP contribution in [-0.4, -0.2) is 0 Å². The van der Waals surface area contributed by atoms with Gasteiger partial charge in [0.1, 0.15) is 0 Å². The molecule has 0 aliphatic heterocycles. The maximum absolute atomic E-state index is 2.30. The molecule has 19 heavy (non-hydrogen) atoms. The second-order valence-electron chi connectivity index (χ2n) is 5.23. The second-order valence-corrected chi connectivity index (χ2v) is 5.23. The van der Waals surface area contributed by atoms with E-state index in [0.29, 0.717) is 0 Å². The lowest BCUT2D eigenvalue weighted by Gasteiger charge is -2.17. The van der Waals surface area contributed by atoms with Crippen molar-refractivity contribution in [2.45, 2.75) is 32.6 Å². The van der Waals surface area contributed by atoms with Crippen molar-refractivity contribution < 1.29 is 0 Å². The summed E-state index contributed by atoms with van der Waals surface area (Å²) in [7, 11) is 0. The Bertz CT molecular complexity index is 605. The van der Waals surface area contributed by atoms with E-state index in [9.17, 15) is 0 Å². The summed E-state index contributed by atoms with van der Waals surface area (Å²) in [6, 6.07) is 15.6. The van der Waals surface area contributed by atoms with Gasteiger partial charge < -0.3 is 0 Å². The van der Waals surface area contributed by atoms with E-state index >= 15 is 0 Å². The van der Waals surface area contributed by atoms with Gasteiger partial charge in [0.15, 0.2) is 0 Å². The van der Waals surface area contributed by atoms with Crippen LogP contribution in [0.2, 0.25) is 0 Å². The molecule has 0 aromatic heterocycles. The molecule has 0 unspecified atom stereocenters. The molecular formula is C19H20. The van der Waals surface area contributed by atoms with Crippen molar-refractivity contribution >= 4 is 0 Å². The van der Waals surface area contributed by atoms with E-state index in [2.05, 4.69) is 61.5 Å². The van der Waals surface area contributed by atoms with Crippen LogP contribution in [-0.2, 0) is 25.7 Å². The standard InChI is InChI=1S/C19H20/c1-2-15-8-3-4-10-17(15)14-18-12-7-11-16-9-5-6-13-19(16)18/h3-8,10-12H,2,9,13-14H2,1H3. The van der Waals surface area contributed by atoms with Crippen LogP contribution < -0.4 is 0 Å². The van der Waals surface area contributed by atoms with Gasteiger partial charge in [0, 0.05) is 0 Å². The molecule has 0 bridgehead atoms. The predicted molar refractivity (Wildman–Crippen MR) is 81.6 cm³/mol. The van der Waals surface area contributed by atoms with E-state index in [4.69, 9.17) is 0 Å². The average molecular weight is 248 g/mol. The number of rotatable bonds is 3. The molecule has 0 fully saturated rings. The van der Waals surface area contributed by atoms with Crippen LogP contribution in [0.4, 0.5) is 0 Å². The number of hydrogen-bond acceptors (Lipinski definition) is 0. The molecule has 96 valence electrons. The van der Waals surface area contributed by atoms with Crippen molar-refractivity contribution in [1.29, 1.82) is 0 Å². The normalized spacial score (nSPS) is 13.3. The summed E-state index contributed by atoms with van der Waals surface area (Å²) in [6.45, 7) is 2.24. The molecule has 0 atom stereocenters. The second kappa shape index (κ2) is 5.44. The third kappa shape index (κ3) is 2.49. The largest absolute Gasteiger partial charge is 0.0838 e. The Balaban J connectivity index is 1.96. The van der Waals surface area contributed by atoms with E-state index in [-0.39, 0.29) is 0 Å². The first kappa shape index (κ1) is 12.2. The molecule has 0 radical (unpaired) electrons. The number of aryl methyl sites for hydroxylation is 1. The Morgan fingerprint density at radius 2 is 1.53 bits per heavy atom. The third-order valence-electron chi connectivity index (χ3n) is 4.08. The highest BCUT2D eigenvalue weighted by molar-refractivity contribution is 5.43. The summed E-state index contributed by atoms with van der Waals surface area (Å²) in [6.07, 6.45) is 8.97. The summed E-state index contributed by atoms with van der Waals surface area (Å²) < 4.78 is 0. The third-order valence-corrected chi connectivity index (χ3v) is 4.08. The van der Waals surface area contributed by atoms with Gasteiger partial charge in [-0.1, -0.05) is 61.5 Å². The van der Waals surface area contributed by atoms with Crippen molar-refractivity contribution in [2.24, 2.45) is 0 Å². The molecule has 1 aliphatic rings. The fraction of sp³-hybridized carbons (Fsp3) is 0.263. The van der Waals surface area contributed by atoms with Gasteiger partial charge in [0.25, 0.3) is 0 Å². The molecule has 2 aromatic rings. The predicted octanol–water partition coefficient (Wildman–Crippen LogP) is 4.49. The molecular weight excluding hydrogens is 228 g/mol. The van der Waals surface area contributed by atoms with E-state index in [1.807, 2.05) is 0 Å². The Hall–Kier alpha value is -1.82. The summed E-state index contributed by atoms with van der Waals surface area (Å²) in [5.41, 5.74) is 7.52. The zero-order chi connectivity index (χ0) is 13.1. The van der Waals surface area contributed by atoms with Gasteiger partial charge in [-0.3, -0.25) is 0 Å². The van der Waals surface area contributed by atoms with Crippen molar-refractivity contribution in [3.05, 3.63) is 82.4 Å². The number of fused-ring (bicyclic) bond motifs is 1. The van der Waals surface area contributed by atoms with Crippen molar-refractivity contribution in [3.8, 4) is 0 Å². The van der Waals surface area contributed by atoms with E-state index in [1.54, 1.807) is 5.56 Å². The van der Waals surface area contributed by atoms with Gasteiger partial charge in [-0.2, -0.15) is 0 Å². The Morgan fingerprint density at radius 1 is 0.789 bits per heavy atom. The first-order valence-electron chi connectivity index (χ1n) is 7.20. The van der Waals surface area contributed by atoms with Crippen LogP contribution in [0.25, 0.3) is 0 Å². The smallest absolute Gasteiger partial charge is 0.00201 e. The quantitative estimate of drug-likeness (QED) is 0.702. The average Bonchev–Trinajstić information content (AvgIpc) is 2.48. The van der Waals surface area contributed by atoms with Crippen LogP contribution >= 0.6 is 0 Å². The number of hydrogen-bond donors (Lipinski definition) is 0. The lowest BCUT2D eigenvalue weighted by molar-refractivity contribution is 1.01. The molecule has 0 heteroatoms. The highest BCUT2D eigenvalue weighted by atomic mass is 14.2. The summed E-state index contributed by atoms with van der Waals surface area (Å²) >= 11 is 0. The number of allylic oxidation sites excluding steroid dienone is 2. The molecule has 0 amide bonds. The van der Waals surface area contributed by atoms with E-state index in [1.165, 1.54) is 22.3 Å². The van der Waals surface area contributed by atoms with Gasteiger partial charge in [-0.25, -0.2) is 0 Å². The van der Waals surface area contributed by atoms with Gasteiger partial charge >= 0.3 is 0 Å². The maximum Gasteiger partial charge on any atom is -0.00201 e. The van der Waals surface area contributed by atoms with Crippen LogP contribution in [0.5, 0.6) is 0 Å². The highest BCUT2D eigenvalue weighted by Crippen LogP contribution is 2.24. The van der Waals surface area contributed by atoms with Crippen LogP contribution in [0.1, 0.15) is 34.7 Å². The van der Waals surface area contributed by atoms with Crippen LogP contribution in [0, 0.1) is 0 Å². The van der Waals surface area contributed by atoms with Crippen molar-refractivity contribution in [2.75, 3.05) is 0 Å². The highest BCUT2D eigenvalue weighted by Gasteiger charge is 2.10. The molecule has 2 aromatic carbocycles. The summed E-state index contributed by atoms with van der Waals surface area (Å²) in [4.78, 5) is 0. The molecule has 0 saturated carbocycles. The zero-order valence-corrected chi connectivity index (χ0v) is 11.5. The molecule has 0 spiro atoms. The van der Waals surface area contributed by atoms with Gasteiger partial charge in [0.2, 0.25) is 0 Å². The first-order valence-corrected chi connectivity index (χ1v) is 7.20. The summed E-state index contributed by atoms with van der Waals surface area (Å²) in [5, 5.41) is 0. The fourth-order valence-corrected chi connectivity index (χ4v) is 3.00. The van der Waals surface area contributed by atoms with Crippen molar-refractivity contribution in [1.82, 2.24) is 0 Å². The lowest BCUT2D eigenvalue weighted by atomic mass is 9.88. The molecule has 0 saturated heterocycles. The summed E-state index contributed by atoms with van der Waals surface area (Å²) in [5.74, 6) is 0. The Kier molecular flexibility index (Phi) is 3.50. The monoisotopic (exact) mass is 248 g/mol. The SMILES string of the molecule is CCc1ccccc1Cc1cccc2c1CC=CC2. The van der Waals surface area contributed by atoms with E-state index < -0.39 is 0 Å². The topological polar surface area (TPSA) is 0 Å². The first-order chi connectivity index (χ1) is 9.38. The van der Waals surface area contributed by atoms with Crippen LogP contribution in [0.3, 0.4) is 0 Å². The Labute approximate surface area is 115 Å². The van der Waals surface area contributed by atoms with Crippen molar-refractivity contribution in [3.63, 3.8) is 0 Å². The lowest BCUT2D eigenvalue weighted by Crippen LogP contribution is -2.04. The zero-order valence-electron chi connectivity index (χ0n) is 11.5. The van der Waals surface area contributed by atoms with E-state index in [0.717, 1.165) is 25.7 Å². The maximum atomic E-state index is 2.30. The van der Waals surface area contributed by atoms with Gasteiger partial charge in [-0.15, -0.1) is 0 Å². The van der Waals surface area contributed by atoms with Gasteiger partial charge in [-0.05, 0) is 53.5 Å². The molecule has 1 aliphatic carbocycles. The molecule has 0 N–H and O–H groups in total. The minimum Gasteiger partial charge on any atom is -0.0838 e. The molecule has 0 heterocycles.